The number of carbonyl (C=O) groups excluding carboxylic acids is 1. The third-order valence-electron chi connectivity index (χ3n) is 4.46. The number of nitrogens with one attached hydrogen (secondary N) is 1. The highest BCUT2D eigenvalue weighted by molar-refractivity contribution is 8.13. The van der Waals surface area contributed by atoms with E-state index >= 15 is 0 Å². The second-order valence-corrected chi connectivity index (χ2v) is 7.47. The number of nitrogens with two attached hydrogens (primary N) is 3. The number of nitrogen functional groups attached to an aromatic ring is 1. The summed E-state index contributed by atoms with van der Waals surface area (Å²) in [4.78, 5) is 17.6. The zero-order valence-corrected chi connectivity index (χ0v) is 17.8. The fourth-order valence-corrected chi connectivity index (χ4v) is 3.62. The van der Waals surface area contributed by atoms with Crippen LogP contribution < -0.4 is 27.9 Å². The minimum atomic E-state index is -0.610. The third-order valence-corrected chi connectivity index (χ3v) is 5.55. The average Bonchev–Trinajstić information content (AvgIpc) is 2.80. The van der Waals surface area contributed by atoms with Gasteiger partial charge in [-0.15, -0.1) is 5.17 Å². The first-order valence-electron chi connectivity index (χ1n) is 9.41. The molecule has 0 radical (unpaired) electrons. The van der Waals surface area contributed by atoms with Crippen molar-refractivity contribution < 1.29 is 9.63 Å². The van der Waals surface area contributed by atoms with Gasteiger partial charge in [-0.25, -0.2) is 10.6 Å². The Hall–Kier alpha value is -3.69. The van der Waals surface area contributed by atoms with Crippen LogP contribution in [0.2, 0.25) is 0 Å². The van der Waals surface area contributed by atoms with Gasteiger partial charge in [0.2, 0.25) is 0 Å². The molecule has 3 aromatic rings. The van der Waals surface area contributed by atoms with Gasteiger partial charge in [0, 0.05) is 24.1 Å². The summed E-state index contributed by atoms with van der Waals surface area (Å²) < 4.78 is 0. The molecule has 9 heteroatoms. The number of rotatable bonds is 7. The van der Waals surface area contributed by atoms with Gasteiger partial charge in [-0.2, -0.15) is 5.10 Å². The number of anilines is 3. The molecular formula is C22H24N6O2S. The van der Waals surface area contributed by atoms with Crippen molar-refractivity contribution in [1.29, 1.82) is 0 Å². The van der Waals surface area contributed by atoms with Gasteiger partial charge in [-0.05, 0) is 42.0 Å². The Kier molecular flexibility index (Phi) is 7.36. The Labute approximate surface area is 185 Å². The van der Waals surface area contributed by atoms with E-state index in [2.05, 4.69) is 10.4 Å². The Morgan fingerprint density at radius 3 is 2.29 bits per heavy atom. The maximum absolute atomic E-state index is 12.4. The minimum absolute atomic E-state index is 0.331. The van der Waals surface area contributed by atoms with E-state index in [1.54, 1.807) is 48.5 Å². The number of hydrazone groups is 1. The molecule has 0 saturated heterocycles. The molecule has 8 nitrogen and oxygen atoms in total. The summed E-state index contributed by atoms with van der Waals surface area (Å²) in [7, 11) is 1.88. The van der Waals surface area contributed by atoms with Crippen molar-refractivity contribution in [3.8, 4) is 0 Å². The van der Waals surface area contributed by atoms with Gasteiger partial charge in [0.1, 0.15) is 10.7 Å². The van der Waals surface area contributed by atoms with Crippen LogP contribution in [0.25, 0.3) is 0 Å². The highest BCUT2D eigenvalue weighted by Gasteiger charge is 2.15. The summed E-state index contributed by atoms with van der Waals surface area (Å²) in [5.74, 6) is 11.5. The monoisotopic (exact) mass is 436 g/mol. The molecule has 0 amide bonds. The molecule has 0 bridgehead atoms. The highest BCUT2D eigenvalue weighted by Crippen LogP contribution is 2.22. The van der Waals surface area contributed by atoms with Crippen molar-refractivity contribution in [2.45, 2.75) is 5.75 Å². The number of hydrogen-bond donors (Lipinski definition) is 4. The number of hydrazine groups is 1. The lowest BCUT2D eigenvalue weighted by Crippen LogP contribution is -2.34. The Morgan fingerprint density at radius 2 is 1.68 bits per heavy atom. The van der Waals surface area contributed by atoms with E-state index in [-0.39, 0.29) is 0 Å². The standard InChI is InChI=1S/C22H24N6O2S/c1-26-18-12-6-15(7-13-18)14-31-21(27-24)16-8-10-17(11-9-16)22(29)30-28(25)20-5-3-2-4-19(20)23/h2-13,26H,14,23-25H2,1H3/b27-21-. The van der Waals surface area contributed by atoms with E-state index < -0.39 is 5.97 Å². The normalized spacial score (nSPS) is 11.1. The molecule has 3 rings (SSSR count). The van der Waals surface area contributed by atoms with Gasteiger partial charge in [-0.3, -0.25) is 0 Å². The summed E-state index contributed by atoms with van der Waals surface area (Å²) in [5, 5.41) is 8.49. The van der Waals surface area contributed by atoms with E-state index in [0.29, 0.717) is 27.7 Å². The predicted molar refractivity (Wildman–Crippen MR) is 127 cm³/mol. The van der Waals surface area contributed by atoms with Crippen LogP contribution in [-0.4, -0.2) is 18.1 Å². The van der Waals surface area contributed by atoms with Crippen LogP contribution in [0.5, 0.6) is 0 Å². The molecule has 0 spiro atoms. The molecular weight excluding hydrogens is 412 g/mol. The number of para-hydroxylation sites is 2. The summed E-state index contributed by atoms with van der Waals surface area (Å²) in [6, 6.07) is 21.7. The van der Waals surface area contributed by atoms with E-state index in [9.17, 15) is 4.79 Å². The maximum atomic E-state index is 12.4. The van der Waals surface area contributed by atoms with E-state index in [1.165, 1.54) is 11.8 Å². The smallest absolute Gasteiger partial charge is 0.365 e. The van der Waals surface area contributed by atoms with Crippen LogP contribution in [0.1, 0.15) is 21.5 Å². The molecule has 7 N–H and O–H groups in total. The van der Waals surface area contributed by atoms with Crippen molar-refractivity contribution >= 4 is 39.8 Å². The first kappa shape index (κ1) is 22.0. The molecule has 0 aliphatic heterocycles. The average molecular weight is 437 g/mol. The fraction of sp³-hybridized carbons (Fsp3) is 0.0909. The van der Waals surface area contributed by atoms with Gasteiger partial charge < -0.3 is 21.7 Å². The second kappa shape index (κ2) is 10.4. The molecule has 0 fully saturated rings. The molecule has 0 aliphatic rings. The molecule has 3 aromatic carbocycles. The van der Waals surface area contributed by atoms with Gasteiger partial charge in [0.25, 0.3) is 0 Å². The van der Waals surface area contributed by atoms with Crippen LogP contribution >= 0.6 is 11.8 Å². The van der Waals surface area contributed by atoms with Crippen LogP contribution in [0.15, 0.2) is 77.9 Å². The van der Waals surface area contributed by atoms with Crippen LogP contribution in [0.4, 0.5) is 17.1 Å². The summed E-state index contributed by atoms with van der Waals surface area (Å²) >= 11 is 1.51. The highest BCUT2D eigenvalue weighted by atomic mass is 32.2. The van der Waals surface area contributed by atoms with Crippen molar-refractivity contribution in [2.75, 3.05) is 23.3 Å². The van der Waals surface area contributed by atoms with Gasteiger partial charge in [0.05, 0.1) is 11.3 Å². The Bertz CT molecular complexity index is 1050. The summed E-state index contributed by atoms with van der Waals surface area (Å²) in [6.07, 6.45) is 0. The molecule has 31 heavy (non-hydrogen) atoms. The van der Waals surface area contributed by atoms with E-state index in [1.807, 2.05) is 31.3 Å². The Morgan fingerprint density at radius 1 is 1.03 bits per heavy atom. The van der Waals surface area contributed by atoms with E-state index in [0.717, 1.165) is 22.0 Å². The number of hydrogen-bond acceptors (Lipinski definition) is 9. The Balaban J connectivity index is 1.62. The predicted octanol–water partition coefficient (Wildman–Crippen LogP) is 3.32. The SMILES string of the molecule is CNc1ccc(CS/C(=N\N)c2ccc(C(=O)ON(N)c3ccccc3N)cc2)cc1. The lowest BCUT2D eigenvalue weighted by molar-refractivity contribution is 0.0451. The molecule has 0 heterocycles. The quantitative estimate of drug-likeness (QED) is 0.146. The fourth-order valence-electron chi connectivity index (χ4n) is 2.74. The first-order valence-corrected chi connectivity index (χ1v) is 10.4. The third kappa shape index (κ3) is 5.68. The topological polar surface area (TPSA) is 132 Å². The largest absolute Gasteiger partial charge is 0.397 e. The first-order chi connectivity index (χ1) is 15.0. The number of nitrogens with zero attached hydrogens (tertiary/aromatic N) is 2. The van der Waals surface area contributed by atoms with E-state index in [4.69, 9.17) is 22.3 Å². The maximum Gasteiger partial charge on any atom is 0.365 e. The second-order valence-electron chi connectivity index (χ2n) is 6.51. The van der Waals surface area contributed by atoms with Crippen LogP contribution in [-0.2, 0) is 10.6 Å². The summed E-state index contributed by atoms with van der Waals surface area (Å²) in [6.45, 7) is 0. The van der Waals surface area contributed by atoms with Crippen molar-refractivity contribution in [1.82, 2.24) is 0 Å². The molecule has 0 unspecified atom stereocenters. The van der Waals surface area contributed by atoms with Crippen molar-refractivity contribution in [2.24, 2.45) is 16.8 Å². The molecule has 0 saturated carbocycles. The molecule has 0 aliphatic carbocycles. The minimum Gasteiger partial charge on any atom is -0.397 e. The molecule has 0 aromatic heterocycles. The van der Waals surface area contributed by atoms with Crippen molar-refractivity contribution in [3.05, 3.63) is 89.5 Å². The summed E-state index contributed by atoms with van der Waals surface area (Å²) in [5.41, 5.74) is 9.96. The lowest BCUT2D eigenvalue weighted by Gasteiger charge is -2.18. The zero-order chi connectivity index (χ0) is 22.2. The van der Waals surface area contributed by atoms with Crippen molar-refractivity contribution in [3.63, 3.8) is 0 Å². The number of benzene rings is 3. The van der Waals surface area contributed by atoms with Gasteiger partial charge >= 0.3 is 5.97 Å². The van der Waals surface area contributed by atoms with Gasteiger partial charge in [0.15, 0.2) is 0 Å². The number of carbonyl (C=O) groups is 1. The number of thioether (sulfide) groups is 1. The van der Waals surface area contributed by atoms with Crippen LogP contribution in [0, 0.1) is 0 Å². The molecule has 160 valence electrons. The van der Waals surface area contributed by atoms with Gasteiger partial charge in [-0.1, -0.05) is 48.2 Å². The molecule has 0 atom stereocenters. The van der Waals surface area contributed by atoms with Crippen LogP contribution in [0.3, 0.4) is 0 Å². The zero-order valence-electron chi connectivity index (χ0n) is 17.0. The lowest BCUT2D eigenvalue weighted by atomic mass is 10.1.